The number of azo groups is 2. The second kappa shape index (κ2) is 24.6. The van der Waals surface area contributed by atoms with Crippen LogP contribution in [-0.4, -0.2) is 11.6 Å². The first-order valence-corrected chi connectivity index (χ1v) is 24.4. The van der Waals surface area contributed by atoms with Gasteiger partial charge in [-0.1, -0.05) is 163 Å². The zero-order valence-corrected chi connectivity index (χ0v) is 39.8. The number of unbranched alkanes of at least 4 members (excludes halogenated alkanes) is 10. The van der Waals surface area contributed by atoms with Crippen LogP contribution in [0.2, 0.25) is 0 Å². The molecule has 1 aromatic heterocycles. The number of nitrogens with zero attached hydrogens (tertiary/aromatic N) is 4. The van der Waals surface area contributed by atoms with Crippen molar-refractivity contribution in [1.82, 2.24) is 0 Å². The summed E-state index contributed by atoms with van der Waals surface area (Å²) in [6, 6.07) is 36.5. The Morgan fingerprint density at radius 2 is 0.791 bits per heavy atom. The zero-order chi connectivity index (χ0) is 46.8. The molecule has 67 heavy (non-hydrogen) atoms. The largest absolute Gasteiger partial charge is 0.452 e. The van der Waals surface area contributed by atoms with Crippen molar-refractivity contribution in [2.45, 2.75) is 118 Å². The Kier molecular flexibility index (Phi) is 17.7. The van der Waals surface area contributed by atoms with E-state index in [9.17, 15) is 9.59 Å². The van der Waals surface area contributed by atoms with Gasteiger partial charge in [0.05, 0.1) is 11.4 Å². The van der Waals surface area contributed by atoms with Crippen molar-refractivity contribution in [3.63, 3.8) is 0 Å². The lowest BCUT2D eigenvalue weighted by Crippen LogP contribution is -2.04. The van der Waals surface area contributed by atoms with Crippen LogP contribution in [0.25, 0.3) is 33.6 Å². The number of carbonyl (C=O) groups excluding carboxylic acids is 2. The van der Waals surface area contributed by atoms with Gasteiger partial charge in [0, 0.05) is 33.4 Å². The molecular weight excluding hydrogens is 825 g/mol. The molecule has 0 bridgehead atoms. The first-order valence-electron chi connectivity index (χ1n) is 24.4. The number of hydrogen-bond acceptors (Lipinski definition) is 7. The lowest BCUT2D eigenvalue weighted by molar-refractivity contribution is -0.112. The van der Waals surface area contributed by atoms with Crippen molar-refractivity contribution in [3.8, 4) is 22.3 Å². The quantitative estimate of drug-likeness (QED) is 0.0511. The van der Waals surface area contributed by atoms with Crippen LogP contribution in [0, 0.1) is 13.8 Å². The van der Waals surface area contributed by atoms with Crippen LogP contribution < -0.4 is 0 Å². The van der Waals surface area contributed by atoms with E-state index >= 15 is 0 Å². The van der Waals surface area contributed by atoms with E-state index in [4.69, 9.17) is 24.9 Å². The van der Waals surface area contributed by atoms with Gasteiger partial charge in [-0.2, -0.15) is 10.2 Å². The third-order valence-corrected chi connectivity index (χ3v) is 12.6. The van der Waals surface area contributed by atoms with Gasteiger partial charge in [-0.3, -0.25) is 9.59 Å². The molecule has 7 nitrogen and oxygen atoms in total. The third-order valence-electron chi connectivity index (χ3n) is 12.6. The first kappa shape index (κ1) is 48.1. The molecular formula is C60H64N4O3. The average Bonchev–Trinajstić information content (AvgIpc) is 3.65. The smallest absolute Gasteiger partial charge is 0.181 e. The van der Waals surface area contributed by atoms with E-state index in [-0.39, 0.29) is 11.6 Å². The maximum Gasteiger partial charge on any atom is 0.181 e. The van der Waals surface area contributed by atoms with Gasteiger partial charge in [0.25, 0.3) is 0 Å². The van der Waals surface area contributed by atoms with Crippen LogP contribution in [-0.2, 0) is 9.59 Å². The van der Waals surface area contributed by atoms with E-state index in [2.05, 4.69) is 38.1 Å². The van der Waals surface area contributed by atoms with Gasteiger partial charge in [0.2, 0.25) is 0 Å². The molecule has 2 aliphatic rings. The van der Waals surface area contributed by atoms with Gasteiger partial charge >= 0.3 is 0 Å². The van der Waals surface area contributed by atoms with Crippen molar-refractivity contribution in [2.75, 3.05) is 0 Å². The molecule has 1 heterocycles. The molecule has 342 valence electrons. The maximum absolute atomic E-state index is 13.3. The fraction of sp³-hybridized carbons (Fsp3) is 0.300. The highest BCUT2D eigenvalue weighted by Crippen LogP contribution is 2.39. The summed E-state index contributed by atoms with van der Waals surface area (Å²) in [5.74, 6) is 1.08. The number of carbonyl (C=O) groups is 2. The molecule has 0 fully saturated rings. The number of allylic oxidation sites excluding steroid dienone is 10. The molecule has 0 radical (unpaired) electrons. The van der Waals surface area contributed by atoms with E-state index < -0.39 is 0 Å². The summed E-state index contributed by atoms with van der Waals surface area (Å²) in [5.41, 5.74) is 11.5. The van der Waals surface area contributed by atoms with Crippen LogP contribution in [0.15, 0.2) is 193 Å². The normalized spacial score (nSPS) is 15.5. The second-order valence-corrected chi connectivity index (χ2v) is 17.6. The van der Waals surface area contributed by atoms with Crippen LogP contribution in [0.5, 0.6) is 0 Å². The Morgan fingerprint density at radius 3 is 1.18 bits per heavy atom. The Balaban J connectivity index is 1.30. The fourth-order valence-electron chi connectivity index (χ4n) is 8.47. The van der Waals surface area contributed by atoms with E-state index in [1.807, 2.05) is 123 Å². The molecule has 0 saturated heterocycles. The van der Waals surface area contributed by atoms with Crippen LogP contribution >= 0.6 is 0 Å². The summed E-state index contributed by atoms with van der Waals surface area (Å²) < 4.78 is 6.98. The highest BCUT2D eigenvalue weighted by Gasteiger charge is 2.26. The Morgan fingerprint density at radius 1 is 0.433 bits per heavy atom. The standard InChI is InChI=1S/C60H64N4O3/c1-5-7-9-11-13-17-27-49-41-51(33-39-55(49)65)57(63-61-53-35-29-47(30-36-53)45-23-19-15-20-24-45)59-43(3)44(4)60(67-59)58(52-34-40-56(66)50(42-52)28-18-14-12-10-8-6-2)64-62-54-37-31-48(32-38-54)46-25-21-16-22-26-46/h15-16,19-26,29-42H,5-14,17-18,27-28H2,1-4H3/b57-51-,58-52-,63-61?,64-62?. The van der Waals surface area contributed by atoms with Gasteiger partial charge in [-0.05, 0) is 123 Å². The minimum Gasteiger partial charge on any atom is -0.452 e. The molecule has 0 spiro atoms. The summed E-state index contributed by atoms with van der Waals surface area (Å²) in [7, 11) is 0. The van der Waals surface area contributed by atoms with Gasteiger partial charge in [0.1, 0.15) is 11.4 Å². The minimum absolute atomic E-state index is 0.0181. The average molecular weight is 889 g/mol. The number of furan rings is 1. The second-order valence-electron chi connectivity index (χ2n) is 17.6. The Bertz CT molecular complexity index is 2540. The lowest BCUT2D eigenvalue weighted by atomic mass is 9.93. The molecule has 0 atom stereocenters. The van der Waals surface area contributed by atoms with Crippen LogP contribution in [0.3, 0.4) is 0 Å². The van der Waals surface area contributed by atoms with Gasteiger partial charge in [0.15, 0.2) is 23.1 Å². The number of ketones is 2. The van der Waals surface area contributed by atoms with Crippen LogP contribution in [0.1, 0.15) is 126 Å². The summed E-state index contributed by atoms with van der Waals surface area (Å²) in [4.78, 5) is 26.6. The summed E-state index contributed by atoms with van der Waals surface area (Å²) >= 11 is 0. The predicted molar refractivity (Wildman–Crippen MR) is 275 cm³/mol. The fourth-order valence-corrected chi connectivity index (χ4v) is 8.47. The summed E-state index contributed by atoms with van der Waals surface area (Å²) in [5, 5.41) is 19.4. The monoisotopic (exact) mass is 888 g/mol. The summed E-state index contributed by atoms with van der Waals surface area (Å²) in [6.45, 7) is 8.48. The van der Waals surface area contributed by atoms with Crippen molar-refractivity contribution in [3.05, 3.63) is 191 Å². The van der Waals surface area contributed by atoms with Gasteiger partial charge in [-0.25, -0.2) is 0 Å². The SMILES string of the molecule is CCCCCCCCC1=C/C(=C(\N=Nc2ccc(-c3ccccc3)cc2)c2oc(/C(N=Nc3ccc(-c4ccccc4)cc3)=C3\C=CC(=O)C(CCCCCCCC)=C3)c(C)c2C)C=CC1=O. The predicted octanol–water partition coefficient (Wildman–Crippen LogP) is 17.9. The molecule has 4 aromatic carbocycles. The third kappa shape index (κ3) is 13.2. The number of hydrogen-bond donors (Lipinski definition) is 0. The van der Waals surface area contributed by atoms with Gasteiger partial charge in [-0.15, -0.1) is 10.2 Å². The molecule has 0 saturated carbocycles. The zero-order valence-electron chi connectivity index (χ0n) is 39.8. The molecule has 7 rings (SSSR count). The minimum atomic E-state index is 0.0181. The summed E-state index contributed by atoms with van der Waals surface area (Å²) in [6.07, 6.45) is 25.9. The lowest BCUT2D eigenvalue weighted by Gasteiger charge is -2.12. The molecule has 7 heteroatoms. The van der Waals surface area contributed by atoms with E-state index in [1.165, 1.54) is 38.5 Å². The van der Waals surface area contributed by atoms with E-state index in [0.29, 0.717) is 47.1 Å². The Labute approximate surface area is 397 Å². The van der Waals surface area contributed by atoms with Crippen molar-refractivity contribution in [1.29, 1.82) is 0 Å². The highest BCUT2D eigenvalue weighted by molar-refractivity contribution is 6.07. The van der Waals surface area contributed by atoms with Gasteiger partial charge < -0.3 is 4.42 Å². The maximum atomic E-state index is 13.3. The Hall–Kier alpha value is -6.86. The number of benzene rings is 4. The molecule has 5 aromatic rings. The molecule has 2 aliphatic carbocycles. The van der Waals surface area contributed by atoms with Crippen molar-refractivity contribution >= 4 is 34.3 Å². The number of rotatable bonds is 22. The molecule has 0 aliphatic heterocycles. The van der Waals surface area contributed by atoms with E-state index in [1.54, 1.807) is 12.2 Å². The van der Waals surface area contributed by atoms with E-state index in [0.717, 1.165) is 94.2 Å². The first-order chi connectivity index (χ1) is 32.8. The van der Waals surface area contributed by atoms with Crippen molar-refractivity contribution in [2.24, 2.45) is 20.5 Å². The molecule has 0 amide bonds. The van der Waals surface area contributed by atoms with Crippen LogP contribution in [0.4, 0.5) is 11.4 Å². The van der Waals surface area contributed by atoms with Crippen molar-refractivity contribution < 1.29 is 14.0 Å². The molecule has 0 N–H and O–H groups in total. The highest BCUT2D eigenvalue weighted by atomic mass is 16.3. The molecule has 0 unspecified atom stereocenters. The topological polar surface area (TPSA) is 96.7 Å².